The molecule has 1 atom stereocenters. The maximum atomic E-state index is 11.5. The number of carbonyl (C=O) groups excluding carboxylic acids is 1. The number of para-hydroxylation sites is 1. The molecule has 1 N–H and O–H groups in total. The molecule has 0 fully saturated rings. The fourth-order valence-electron chi connectivity index (χ4n) is 2.08. The van der Waals surface area contributed by atoms with Crippen molar-refractivity contribution in [2.75, 3.05) is 0 Å². The highest BCUT2D eigenvalue weighted by molar-refractivity contribution is 7.96. The van der Waals surface area contributed by atoms with Crippen LogP contribution in [0.25, 0.3) is 0 Å². The quantitative estimate of drug-likeness (QED) is 0.551. The van der Waals surface area contributed by atoms with Gasteiger partial charge in [0.2, 0.25) is 0 Å². The molecule has 100 valence electrons. The maximum absolute atomic E-state index is 11.5. The van der Waals surface area contributed by atoms with E-state index in [4.69, 9.17) is 0 Å². The number of benzene rings is 1. The Morgan fingerprint density at radius 2 is 2.00 bits per heavy atom. The topological polar surface area (TPSA) is 37.3 Å². The van der Waals surface area contributed by atoms with E-state index >= 15 is 0 Å². The van der Waals surface area contributed by atoms with E-state index in [9.17, 15) is 9.90 Å². The van der Waals surface area contributed by atoms with Crippen LogP contribution in [0, 0.1) is 5.92 Å². The van der Waals surface area contributed by atoms with Gasteiger partial charge in [-0.1, -0.05) is 50.8 Å². The first-order valence-corrected chi connectivity index (χ1v) is 7.09. The third kappa shape index (κ3) is 5.13. The zero-order chi connectivity index (χ0) is 13.4. The van der Waals surface area contributed by atoms with Gasteiger partial charge in [0.05, 0.1) is 0 Å². The maximum Gasteiger partial charge on any atom is 0.189 e. The van der Waals surface area contributed by atoms with Gasteiger partial charge < -0.3 is 5.11 Å². The van der Waals surface area contributed by atoms with Crippen molar-refractivity contribution in [1.82, 2.24) is 0 Å². The van der Waals surface area contributed by atoms with Gasteiger partial charge >= 0.3 is 0 Å². The average molecular weight is 266 g/mol. The molecule has 1 aromatic carbocycles. The second kappa shape index (κ2) is 8.20. The van der Waals surface area contributed by atoms with Crippen LogP contribution in [0.5, 0.6) is 5.75 Å². The van der Waals surface area contributed by atoms with Crippen molar-refractivity contribution in [3.8, 4) is 5.75 Å². The smallest absolute Gasteiger partial charge is 0.189 e. The van der Waals surface area contributed by atoms with Crippen LogP contribution in [-0.2, 0) is 11.2 Å². The van der Waals surface area contributed by atoms with Gasteiger partial charge in [-0.2, -0.15) is 0 Å². The molecule has 0 amide bonds. The molecule has 1 aromatic rings. The standard InChI is InChI=1S/C15H22O2S/c1-2-3-4-5-9-13(15(17)18)11-12-8-6-7-10-14(12)16/h6-8,10,13,16H,2-5,9,11H2,1H3,(H,17,18). The molecule has 0 aromatic heterocycles. The molecule has 1 rings (SSSR count). The molecule has 0 bridgehead atoms. The van der Waals surface area contributed by atoms with E-state index in [1.807, 2.05) is 12.1 Å². The average Bonchev–Trinajstić information content (AvgIpc) is 2.35. The van der Waals surface area contributed by atoms with Crippen LogP contribution in [0.15, 0.2) is 24.3 Å². The number of aromatic hydroxyl groups is 1. The Hall–Kier alpha value is -0.960. The summed E-state index contributed by atoms with van der Waals surface area (Å²) in [5.74, 6) is 0.184. The largest absolute Gasteiger partial charge is 0.508 e. The van der Waals surface area contributed by atoms with E-state index in [1.165, 1.54) is 12.8 Å². The zero-order valence-electron chi connectivity index (χ0n) is 10.9. The molecule has 3 heteroatoms. The van der Waals surface area contributed by atoms with E-state index in [0.29, 0.717) is 6.42 Å². The Kier molecular flexibility index (Phi) is 6.88. The SMILES string of the molecule is CCCCCCC(Cc1ccccc1O)C(=O)S. The first kappa shape index (κ1) is 15.1. The molecule has 0 heterocycles. The second-order valence-corrected chi connectivity index (χ2v) is 5.16. The summed E-state index contributed by atoms with van der Waals surface area (Å²) < 4.78 is 0. The van der Waals surface area contributed by atoms with Gasteiger partial charge in [0.25, 0.3) is 0 Å². The number of carbonyl (C=O) groups is 1. The summed E-state index contributed by atoms with van der Waals surface area (Å²) in [5, 5.41) is 9.64. The fourth-order valence-corrected chi connectivity index (χ4v) is 2.30. The number of hydrogen-bond acceptors (Lipinski definition) is 2. The van der Waals surface area contributed by atoms with Gasteiger partial charge in [0, 0.05) is 5.92 Å². The zero-order valence-corrected chi connectivity index (χ0v) is 11.8. The summed E-state index contributed by atoms with van der Waals surface area (Å²) in [6, 6.07) is 7.20. The molecule has 0 radical (unpaired) electrons. The molecule has 0 aliphatic rings. The molecule has 2 nitrogen and oxygen atoms in total. The Bertz CT molecular complexity index is 377. The van der Waals surface area contributed by atoms with Gasteiger partial charge in [-0.15, -0.1) is 12.6 Å². The van der Waals surface area contributed by atoms with E-state index in [0.717, 1.165) is 24.8 Å². The van der Waals surface area contributed by atoms with Crippen LogP contribution in [0.3, 0.4) is 0 Å². The molecular weight excluding hydrogens is 244 g/mol. The lowest BCUT2D eigenvalue weighted by atomic mass is 9.94. The molecule has 0 aliphatic heterocycles. The first-order valence-electron chi connectivity index (χ1n) is 6.64. The number of rotatable bonds is 8. The Morgan fingerprint density at radius 3 is 2.61 bits per heavy atom. The van der Waals surface area contributed by atoms with Crippen LogP contribution < -0.4 is 0 Å². The monoisotopic (exact) mass is 266 g/mol. The van der Waals surface area contributed by atoms with E-state index in [2.05, 4.69) is 19.6 Å². The van der Waals surface area contributed by atoms with Crippen molar-refractivity contribution in [2.24, 2.45) is 5.92 Å². The van der Waals surface area contributed by atoms with Crippen LogP contribution in [0.4, 0.5) is 0 Å². The van der Waals surface area contributed by atoms with Crippen LogP contribution in [-0.4, -0.2) is 10.2 Å². The summed E-state index contributed by atoms with van der Waals surface area (Å²) in [6.07, 6.45) is 6.06. The van der Waals surface area contributed by atoms with Crippen LogP contribution in [0.2, 0.25) is 0 Å². The minimum absolute atomic E-state index is 0.0743. The molecule has 18 heavy (non-hydrogen) atoms. The fraction of sp³-hybridized carbons (Fsp3) is 0.533. The number of phenolic OH excluding ortho intramolecular Hbond substituents is 1. The van der Waals surface area contributed by atoms with Crippen molar-refractivity contribution in [3.63, 3.8) is 0 Å². The van der Waals surface area contributed by atoms with Crippen molar-refractivity contribution < 1.29 is 9.90 Å². The Labute approximate surface area is 115 Å². The van der Waals surface area contributed by atoms with Crippen molar-refractivity contribution in [3.05, 3.63) is 29.8 Å². The third-order valence-corrected chi connectivity index (χ3v) is 3.58. The van der Waals surface area contributed by atoms with Crippen LogP contribution in [0.1, 0.15) is 44.6 Å². The van der Waals surface area contributed by atoms with Gasteiger partial charge in [0.15, 0.2) is 5.12 Å². The molecule has 0 aliphatic carbocycles. The molecule has 0 saturated heterocycles. The Balaban J connectivity index is 2.53. The van der Waals surface area contributed by atoms with Gasteiger partial charge in [0.1, 0.15) is 5.75 Å². The lowest BCUT2D eigenvalue weighted by molar-refractivity contribution is -0.114. The highest BCUT2D eigenvalue weighted by Gasteiger charge is 2.16. The highest BCUT2D eigenvalue weighted by Crippen LogP contribution is 2.24. The minimum atomic E-state index is -0.0847. The second-order valence-electron chi connectivity index (χ2n) is 4.72. The summed E-state index contributed by atoms with van der Waals surface area (Å²) in [7, 11) is 0. The molecule has 1 unspecified atom stereocenters. The normalized spacial score (nSPS) is 12.3. The molecule has 0 spiro atoms. The summed E-state index contributed by atoms with van der Waals surface area (Å²) >= 11 is 3.96. The predicted octanol–water partition coefficient (Wildman–Crippen LogP) is 3.98. The summed E-state index contributed by atoms with van der Waals surface area (Å²) in [5.41, 5.74) is 0.834. The van der Waals surface area contributed by atoms with Crippen molar-refractivity contribution >= 4 is 17.7 Å². The number of thiol groups is 1. The van der Waals surface area contributed by atoms with E-state index < -0.39 is 0 Å². The highest BCUT2D eigenvalue weighted by atomic mass is 32.1. The summed E-state index contributed by atoms with van der Waals surface area (Å²) in [6.45, 7) is 2.17. The van der Waals surface area contributed by atoms with E-state index in [1.54, 1.807) is 12.1 Å². The first-order chi connectivity index (χ1) is 8.65. The predicted molar refractivity (Wildman–Crippen MR) is 78.1 cm³/mol. The lowest BCUT2D eigenvalue weighted by Crippen LogP contribution is -2.12. The van der Waals surface area contributed by atoms with Crippen LogP contribution >= 0.6 is 12.6 Å². The Morgan fingerprint density at radius 1 is 1.28 bits per heavy atom. The number of phenols is 1. The van der Waals surface area contributed by atoms with Gasteiger partial charge in [-0.3, -0.25) is 4.79 Å². The lowest BCUT2D eigenvalue weighted by Gasteiger charge is -2.13. The van der Waals surface area contributed by atoms with E-state index in [-0.39, 0.29) is 16.8 Å². The molecular formula is C15H22O2S. The van der Waals surface area contributed by atoms with Crippen molar-refractivity contribution in [1.29, 1.82) is 0 Å². The van der Waals surface area contributed by atoms with Gasteiger partial charge in [-0.25, -0.2) is 0 Å². The summed E-state index contributed by atoms with van der Waals surface area (Å²) in [4.78, 5) is 11.5. The minimum Gasteiger partial charge on any atom is -0.508 e. The van der Waals surface area contributed by atoms with Crippen molar-refractivity contribution in [2.45, 2.75) is 45.4 Å². The number of unbranched alkanes of at least 4 members (excludes halogenated alkanes) is 3. The third-order valence-electron chi connectivity index (χ3n) is 3.21. The molecule has 0 saturated carbocycles. The number of hydrogen-bond donors (Lipinski definition) is 2. The van der Waals surface area contributed by atoms with Gasteiger partial charge in [-0.05, 0) is 24.5 Å².